The zero-order valence-corrected chi connectivity index (χ0v) is 16.8. The number of aliphatic imine (C=N–C) groups is 1. The first-order valence-electron chi connectivity index (χ1n) is 9.76. The van der Waals surface area contributed by atoms with Crippen molar-refractivity contribution in [1.29, 1.82) is 0 Å². The van der Waals surface area contributed by atoms with Gasteiger partial charge in [0, 0.05) is 23.9 Å². The molecule has 1 aliphatic carbocycles. The quantitative estimate of drug-likeness (QED) is 0.713. The van der Waals surface area contributed by atoms with Crippen LogP contribution in [0.5, 0.6) is 5.75 Å². The number of ether oxygens (including phenoxy) is 3. The van der Waals surface area contributed by atoms with Crippen molar-refractivity contribution in [2.45, 2.75) is 31.6 Å². The van der Waals surface area contributed by atoms with Crippen molar-refractivity contribution >= 4 is 39.3 Å². The molecule has 0 saturated carbocycles. The Morgan fingerprint density at radius 1 is 1.21 bits per heavy atom. The molecule has 6 rings (SSSR count). The Hall–Kier alpha value is -2.55. The summed E-state index contributed by atoms with van der Waals surface area (Å²) in [5.41, 5.74) is 4.48. The summed E-state index contributed by atoms with van der Waals surface area (Å²) in [5, 5.41) is 4.59. The second kappa shape index (κ2) is 6.48. The van der Waals surface area contributed by atoms with Crippen LogP contribution in [0.3, 0.4) is 0 Å². The molecule has 1 fully saturated rings. The predicted octanol–water partition coefficient (Wildman–Crippen LogP) is 3.61. The predicted molar refractivity (Wildman–Crippen MR) is 112 cm³/mol. The van der Waals surface area contributed by atoms with E-state index in [-0.39, 0.29) is 0 Å². The molecule has 0 unspecified atom stereocenters. The SMILES string of the molecule is COc1cc2c(cc1Nc1ncnc3sc4c(c13)CCC1(C4)OCCO1)C=NC2. The number of aromatic nitrogens is 2. The van der Waals surface area contributed by atoms with E-state index in [9.17, 15) is 0 Å². The Morgan fingerprint density at radius 3 is 2.97 bits per heavy atom. The number of aryl methyl sites for hydroxylation is 1. The summed E-state index contributed by atoms with van der Waals surface area (Å²) in [7, 11) is 1.69. The summed E-state index contributed by atoms with van der Waals surface area (Å²) >= 11 is 1.71. The van der Waals surface area contributed by atoms with E-state index in [1.807, 2.05) is 12.3 Å². The molecule has 2 aliphatic heterocycles. The molecule has 29 heavy (non-hydrogen) atoms. The molecule has 148 valence electrons. The van der Waals surface area contributed by atoms with E-state index in [0.717, 1.165) is 52.3 Å². The molecule has 7 nitrogen and oxygen atoms in total. The number of rotatable bonds is 3. The van der Waals surface area contributed by atoms with E-state index in [4.69, 9.17) is 14.2 Å². The Morgan fingerprint density at radius 2 is 2.10 bits per heavy atom. The van der Waals surface area contributed by atoms with Crippen molar-refractivity contribution in [2.24, 2.45) is 4.99 Å². The van der Waals surface area contributed by atoms with Crippen LogP contribution in [0, 0.1) is 0 Å². The van der Waals surface area contributed by atoms with Crippen LogP contribution in [0.25, 0.3) is 10.2 Å². The van der Waals surface area contributed by atoms with Gasteiger partial charge in [0.2, 0.25) is 0 Å². The summed E-state index contributed by atoms with van der Waals surface area (Å²) in [6, 6.07) is 4.12. The third-order valence-corrected chi connectivity index (χ3v) is 7.02. The smallest absolute Gasteiger partial charge is 0.173 e. The topological polar surface area (TPSA) is 77.9 Å². The number of hydrogen-bond donors (Lipinski definition) is 1. The van der Waals surface area contributed by atoms with Gasteiger partial charge in [-0.25, -0.2) is 9.97 Å². The molecule has 1 saturated heterocycles. The summed E-state index contributed by atoms with van der Waals surface area (Å²) in [4.78, 5) is 15.7. The zero-order chi connectivity index (χ0) is 19.4. The van der Waals surface area contributed by atoms with Crippen LogP contribution < -0.4 is 10.1 Å². The molecule has 0 bridgehead atoms. The lowest BCUT2D eigenvalue weighted by atomic mass is 9.92. The van der Waals surface area contributed by atoms with E-state index in [0.29, 0.717) is 19.8 Å². The average Bonchev–Trinajstić information content (AvgIpc) is 3.45. The lowest BCUT2D eigenvalue weighted by Crippen LogP contribution is -2.36. The van der Waals surface area contributed by atoms with Crippen LogP contribution in [0.2, 0.25) is 0 Å². The van der Waals surface area contributed by atoms with Crippen LogP contribution in [0.15, 0.2) is 23.5 Å². The lowest BCUT2D eigenvalue weighted by Gasteiger charge is -2.31. The maximum atomic E-state index is 5.94. The molecule has 2 aromatic heterocycles. The molecule has 1 spiro atoms. The van der Waals surface area contributed by atoms with Crippen LogP contribution in [-0.4, -0.2) is 42.3 Å². The number of fused-ring (bicyclic) bond motifs is 4. The number of anilines is 2. The van der Waals surface area contributed by atoms with Crippen LogP contribution in [0.4, 0.5) is 11.5 Å². The molecule has 0 radical (unpaired) electrons. The highest BCUT2D eigenvalue weighted by Gasteiger charge is 2.41. The van der Waals surface area contributed by atoms with E-state index in [2.05, 4.69) is 26.3 Å². The maximum Gasteiger partial charge on any atom is 0.173 e. The Balaban J connectivity index is 1.42. The van der Waals surface area contributed by atoms with E-state index in [1.54, 1.807) is 24.8 Å². The second-order valence-corrected chi connectivity index (χ2v) is 8.62. The van der Waals surface area contributed by atoms with Crippen molar-refractivity contribution < 1.29 is 14.2 Å². The average molecular weight is 408 g/mol. The first kappa shape index (κ1) is 17.3. The fourth-order valence-electron chi connectivity index (χ4n) is 4.46. The normalized spacial score (nSPS) is 18.9. The second-order valence-electron chi connectivity index (χ2n) is 7.54. The fourth-order valence-corrected chi connectivity index (χ4v) is 5.74. The van der Waals surface area contributed by atoms with Gasteiger partial charge in [0.15, 0.2) is 5.79 Å². The first-order valence-corrected chi connectivity index (χ1v) is 10.6. The number of nitrogens with one attached hydrogen (secondary N) is 1. The fraction of sp³-hybridized carbons (Fsp3) is 0.381. The minimum absolute atomic E-state index is 0.447. The molecule has 0 atom stereocenters. The molecule has 0 amide bonds. The molecule has 4 heterocycles. The number of hydrogen-bond acceptors (Lipinski definition) is 8. The van der Waals surface area contributed by atoms with Crippen molar-refractivity contribution in [2.75, 3.05) is 25.6 Å². The van der Waals surface area contributed by atoms with Crippen molar-refractivity contribution in [3.8, 4) is 5.75 Å². The number of benzene rings is 1. The molecule has 8 heteroatoms. The maximum absolute atomic E-state index is 5.94. The van der Waals surface area contributed by atoms with Gasteiger partial charge in [0.1, 0.15) is 22.7 Å². The molecular formula is C21H20N4O3S. The standard InChI is InChI=1S/C21H20N4O3S/c1-26-16-7-13-10-22-9-12(13)6-15(16)25-19-18-14-2-3-21(27-4-5-28-21)8-17(14)29-20(18)24-11-23-19/h6-7,9,11H,2-5,8,10H2,1H3,(H,23,24,25). The Labute approximate surface area is 171 Å². The molecule has 1 N–H and O–H groups in total. The Bertz CT molecular complexity index is 1150. The van der Waals surface area contributed by atoms with Gasteiger partial charge in [-0.1, -0.05) is 0 Å². The minimum atomic E-state index is -0.447. The highest BCUT2D eigenvalue weighted by molar-refractivity contribution is 7.19. The van der Waals surface area contributed by atoms with Gasteiger partial charge >= 0.3 is 0 Å². The molecular weight excluding hydrogens is 388 g/mol. The monoisotopic (exact) mass is 408 g/mol. The van der Waals surface area contributed by atoms with Gasteiger partial charge < -0.3 is 19.5 Å². The number of nitrogens with zero attached hydrogens (tertiary/aromatic N) is 3. The number of thiophene rings is 1. The van der Waals surface area contributed by atoms with Gasteiger partial charge in [-0.05, 0) is 35.2 Å². The summed E-state index contributed by atoms with van der Waals surface area (Å²) < 4.78 is 17.5. The van der Waals surface area contributed by atoms with Gasteiger partial charge in [-0.2, -0.15) is 0 Å². The van der Waals surface area contributed by atoms with E-state index < -0.39 is 5.79 Å². The van der Waals surface area contributed by atoms with Crippen molar-refractivity contribution in [3.05, 3.63) is 40.0 Å². The van der Waals surface area contributed by atoms with E-state index >= 15 is 0 Å². The van der Waals surface area contributed by atoms with Crippen LogP contribution >= 0.6 is 11.3 Å². The van der Waals surface area contributed by atoms with Gasteiger partial charge in [0.05, 0.1) is 37.9 Å². The highest BCUT2D eigenvalue weighted by atomic mass is 32.1. The first-order chi connectivity index (χ1) is 14.2. The minimum Gasteiger partial charge on any atom is -0.495 e. The van der Waals surface area contributed by atoms with Gasteiger partial charge in [0.25, 0.3) is 0 Å². The Kier molecular flexibility index (Phi) is 3.87. The van der Waals surface area contributed by atoms with Crippen molar-refractivity contribution in [3.63, 3.8) is 0 Å². The third-order valence-electron chi connectivity index (χ3n) is 5.88. The van der Waals surface area contributed by atoms with Crippen molar-refractivity contribution in [1.82, 2.24) is 9.97 Å². The summed E-state index contributed by atoms with van der Waals surface area (Å²) in [6.45, 7) is 2.05. The zero-order valence-electron chi connectivity index (χ0n) is 16.0. The van der Waals surface area contributed by atoms with E-state index in [1.165, 1.54) is 16.0 Å². The van der Waals surface area contributed by atoms with Crippen LogP contribution in [0.1, 0.15) is 28.0 Å². The molecule has 3 aromatic rings. The summed E-state index contributed by atoms with van der Waals surface area (Å²) in [6.07, 6.45) is 6.06. The summed E-state index contributed by atoms with van der Waals surface area (Å²) in [5.74, 6) is 1.15. The highest BCUT2D eigenvalue weighted by Crippen LogP contribution is 2.44. The largest absolute Gasteiger partial charge is 0.495 e. The lowest BCUT2D eigenvalue weighted by molar-refractivity contribution is -0.163. The molecule has 1 aromatic carbocycles. The third kappa shape index (κ3) is 2.74. The van der Waals surface area contributed by atoms with Gasteiger partial charge in [-0.15, -0.1) is 11.3 Å². The van der Waals surface area contributed by atoms with Crippen LogP contribution in [-0.2, 0) is 28.9 Å². The molecule has 3 aliphatic rings. The van der Waals surface area contributed by atoms with Gasteiger partial charge in [-0.3, -0.25) is 4.99 Å². The number of methoxy groups -OCH3 is 1.